The Bertz CT molecular complexity index is 521. The van der Waals surface area contributed by atoms with E-state index in [1.807, 2.05) is 0 Å². The fourth-order valence-corrected chi connectivity index (χ4v) is 2.76. The van der Waals surface area contributed by atoms with Crippen LogP contribution in [0.2, 0.25) is 0 Å². The third-order valence-electron chi connectivity index (χ3n) is 3.51. The Morgan fingerprint density at radius 2 is 2.18 bits per heavy atom. The summed E-state index contributed by atoms with van der Waals surface area (Å²) in [7, 11) is 0. The Hall–Kier alpha value is -1.35. The van der Waals surface area contributed by atoms with Crippen LogP contribution < -0.4 is 5.32 Å². The van der Waals surface area contributed by atoms with Gasteiger partial charge in [0.25, 0.3) is 0 Å². The van der Waals surface area contributed by atoms with E-state index in [4.69, 9.17) is 4.98 Å². The minimum Gasteiger partial charge on any atom is -0.324 e. The molecule has 1 fully saturated rings. The summed E-state index contributed by atoms with van der Waals surface area (Å²) >= 11 is 0. The molecular weight excluding hydrogens is 210 g/mol. The van der Waals surface area contributed by atoms with E-state index in [1.165, 1.54) is 24.2 Å². The molecular formula is C14H19N3. The molecule has 90 valence electrons. The predicted octanol–water partition coefficient (Wildman–Crippen LogP) is 3.04. The normalized spacial score (nSPS) is 20.5. The first-order valence-corrected chi connectivity index (χ1v) is 6.47. The molecule has 0 amide bonds. The van der Waals surface area contributed by atoms with E-state index in [-0.39, 0.29) is 0 Å². The fourth-order valence-electron chi connectivity index (χ4n) is 2.76. The van der Waals surface area contributed by atoms with Gasteiger partial charge in [0.05, 0.1) is 17.1 Å². The Labute approximate surface area is 102 Å². The van der Waals surface area contributed by atoms with E-state index in [0.717, 1.165) is 12.1 Å². The predicted molar refractivity (Wildman–Crippen MR) is 70.1 cm³/mol. The summed E-state index contributed by atoms with van der Waals surface area (Å²) in [4.78, 5) is 4.82. The number of benzene rings is 1. The summed E-state index contributed by atoms with van der Waals surface area (Å²) in [5, 5.41) is 3.55. The molecule has 3 rings (SSSR count). The van der Waals surface area contributed by atoms with Gasteiger partial charge in [-0.25, -0.2) is 4.98 Å². The van der Waals surface area contributed by atoms with Crippen LogP contribution in [0, 0.1) is 0 Å². The van der Waals surface area contributed by atoms with Crippen LogP contribution in [-0.4, -0.2) is 16.1 Å². The first-order valence-electron chi connectivity index (χ1n) is 6.47. The van der Waals surface area contributed by atoms with Crippen molar-refractivity contribution >= 4 is 11.0 Å². The monoisotopic (exact) mass is 229 g/mol. The van der Waals surface area contributed by atoms with Crippen molar-refractivity contribution in [3.63, 3.8) is 0 Å². The second-order valence-corrected chi connectivity index (χ2v) is 5.07. The highest BCUT2D eigenvalue weighted by Crippen LogP contribution is 2.28. The van der Waals surface area contributed by atoms with Crippen molar-refractivity contribution in [3.8, 4) is 0 Å². The molecule has 1 aromatic carbocycles. The number of rotatable bonds is 2. The molecule has 0 aliphatic carbocycles. The largest absolute Gasteiger partial charge is 0.324 e. The molecule has 2 heterocycles. The van der Waals surface area contributed by atoms with Crippen LogP contribution in [0.4, 0.5) is 0 Å². The van der Waals surface area contributed by atoms with Crippen LogP contribution >= 0.6 is 0 Å². The molecule has 3 nitrogen and oxygen atoms in total. The van der Waals surface area contributed by atoms with Crippen LogP contribution in [-0.2, 0) is 0 Å². The second kappa shape index (κ2) is 4.15. The second-order valence-electron chi connectivity index (χ2n) is 5.07. The molecule has 0 saturated carbocycles. The molecule has 1 saturated heterocycles. The quantitative estimate of drug-likeness (QED) is 0.857. The maximum absolute atomic E-state index is 4.82. The highest BCUT2D eigenvalue weighted by molar-refractivity contribution is 5.76. The SMILES string of the molecule is CC(C)n1c(C2CCCN2)nc2ccccc21. The van der Waals surface area contributed by atoms with Crippen molar-refractivity contribution in [3.05, 3.63) is 30.1 Å². The van der Waals surface area contributed by atoms with E-state index >= 15 is 0 Å². The van der Waals surface area contributed by atoms with Gasteiger partial charge in [0.2, 0.25) is 0 Å². The molecule has 1 unspecified atom stereocenters. The first-order chi connectivity index (χ1) is 8.27. The number of imidazole rings is 1. The lowest BCUT2D eigenvalue weighted by Crippen LogP contribution is -2.19. The molecule has 0 radical (unpaired) electrons. The smallest absolute Gasteiger partial charge is 0.127 e. The molecule has 1 aliphatic heterocycles. The molecule has 0 spiro atoms. The van der Waals surface area contributed by atoms with Crippen LogP contribution in [0.25, 0.3) is 11.0 Å². The van der Waals surface area contributed by atoms with E-state index < -0.39 is 0 Å². The van der Waals surface area contributed by atoms with Crippen molar-refractivity contribution in [1.29, 1.82) is 0 Å². The summed E-state index contributed by atoms with van der Waals surface area (Å²) in [5.41, 5.74) is 2.37. The van der Waals surface area contributed by atoms with Crippen molar-refractivity contribution in [2.75, 3.05) is 6.54 Å². The minimum absolute atomic E-state index is 0.435. The van der Waals surface area contributed by atoms with Gasteiger partial charge in [-0.15, -0.1) is 0 Å². The molecule has 1 N–H and O–H groups in total. The van der Waals surface area contributed by atoms with Gasteiger partial charge in [-0.1, -0.05) is 12.1 Å². The number of aromatic nitrogens is 2. The Balaban J connectivity index is 2.18. The third kappa shape index (κ3) is 1.75. The topological polar surface area (TPSA) is 29.9 Å². The summed E-state index contributed by atoms with van der Waals surface area (Å²) in [6.45, 7) is 5.57. The lowest BCUT2D eigenvalue weighted by Gasteiger charge is -2.17. The van der Waals surface area contributed by atoms with E-state index in [1.54, 1.807) is 0 Å². The van der Waals surface area contributed by atoms with E-state index in [9.17, 15) is 0 Å². The number of fused-ring (bicyclic) bond motifs is 1. The van der Waals surface area contributed by atoms with Gasteiger partial charge in [0.15, 0.2) is 0 Å². The van der Waals surface area contributed by atoms with Gasteiger partial charge >= 0.3 is 0 Å². The summed E-state index contributed by atoms with van der Waals surface area (Å²) in [6, 6.07) is 9.32. The van der Waals surface area contributed by atoms with Gasteiger partial charge in [0, 0.05) is 6.04 Å². The average molecular weight is 229 g/mol. The maximum Gasteiger partial charge on any atom is 0.127 e. The summed E-state index contributed by atoms with van der Waals surface area (Å²) < 4.78 is 2.37. The molecule has 1 aromatic heterocycles. The van der Waals surface area contributed by atoms with E-state index in [2.05, 4.69) is 48.0 Å². The molecule has 2 aromatic rings. The zero-order valence-corrected chi connectivity index (χ0v) is 10.5. The molecule has 0 bridgehead atoms. The van der Waals surface area contributed by atoms with Gasteiger partial charge in [-0.2, -0.15) is 0 Å². The van der Waals surface area contributed by atoms with Crippen molar-refractivity contribution in [2.24, 2.45) is 0 Å². The minimum atomic E-state index is 0.435. The van der Waals surface area contributed by atoms with Gasteiger partial charge < -0.3 is 9.88 Å². The Morgan fingerprint density at radius 1 is 1.35 bits per heavy atom. The zero-order valence-electron chi connectivity index (χ0n) is 10.5. The lowest BCUT2D eigenvalue weighted by atomic mass is 10.2. The van der Waals surface area contributed by atoms with E-state index in [0.29, 0.717) is 12.1 Å². The molecule has 1 atom stereocenters. The van der Waals surface area contributed by atoms with Crippen LogP contribution in [0.3, 0.4) is 0 Å². The standard InChI is InChI=1S/C14H19N3/c1-10(2)17-13-8-4-3-6-11(13)16-14(17)12-7-5-9-15-12/h3-4,6,8,10,12,15H,5,7,9H2,1-2H3. The average Bonchev–Trinajstić information content (AvgIpc) is 2.95. The van der Waals surface area contributed by atoms with Gasteiger partial charge in [0.1, 0.15) is 5.82 Å². The molecule has 17 heavy (non-hydrogen) atoms. The van der Waals surface area contributed by atoms with Crippen LogP contribution in [0.1, 0.15) is 44.6 Å². The number of nitrogens with zero attached hydrogens (tertiary/aromatic N) is 2. The molecule has 1 aliphatic rings. The van der Waals surface area contributed by atoms with Crippen molar-refractivity contribution in [2.45, 2.75) is 38.8 Å². The van der Waals surface area contributed by atoms with Crippen LogP contribution in [0.15, 0.2) is 24.3 Å². The summed E-state index contributed by atoms with van der Waals surface area (Å²) in [5.74, 6) is 1.21. The number of nitrogens with one attached hydrogen (secondary N) is 1. The van der Waals surface area contributed by atoms with Gasteiger partial charge in [-0.05, 0) is 45.4 Å². The number of para-hydroxylation sites is 2. The highest BCUT2D eigenvalue weighted by Gasteiger charge is 2.23. The van der Waals surface area contributed by atoms with Crippen LogP contribution in [0.5, 0.6) is 0 Å². The lowest BCUT2D eigenvalue weighted by molar-refractivity contribution is 0.517. The zero-order chi connectivity index (χ0) is 11.8. The first kappa shape index (κ1) is 10.8. The fraction of sp³-hybridized carbons (Fsp3) is 0.500. The highest BCUT2D eigenvalue weighted by atomic mass is 15.1. The summed E-state index contributed by atoms with van der Waals surface area (Å²) in [6.07, 6.45) is 2.46. The Morgan fingerprint density at radius 3 is 2.88 bits per heavy atom. The van der Waals surface area contributed by atoms with Gasteiger partial charge in [-0.3, -0.25) is 0 Å². The Kier molecular flexibility index (Phi) is 2.63. The number of hydrogen-bond donors (Lipinski definition) is 1. The molecule has 3 heteroatoms. The maximum atomic E-state index is 4.82. The van der Waals surface area contributed by atoms with Crippen molar-refractivity contribution in [1.82, 2.24) is 14.9 Å². The number of hydrogen-bond acceptors (Lipinski definition) is 2. The third-order valence-corrected chi connectivity index (χ3v) is 3.51. The van der Waals surface area contributed by atoms with Crippen molar-refractivity contribution < 1.29 is 0 Å².